The van der Waals surface area contributed by atoms with Crippen LogP contribution in [0.5, 0.6) is 0 Å². The number of carbonyl (C=O) groups is 2. The van der Waals surface area contributed by atoms with Crippen molar-refractivity contribution >= 4 is 23.2 Å². The van der Waals surface area contributed by atoms with Crippen LogP contribution < -0.4 is 5.32 Å². The maximum absolute atomic E-state index is 13.1. The molecule has 1 N–H and O–H groups in total. The number of halogens is 1. The van der Waals surface area contributed by atoms with Crippen molar-refractivity contribution in [2.45, 2.75) is 6.04 Å². The van der Waals surface area contributed by atoms with E-state index in [2.05, 4.69) is 5.32 Å². The number of amides is 1. The number of hydrogen-bond donors (Lipinski definition) is 1. The summed E-state index contributed by atoms with van der Waals surface area (Å²) in [4.78, 5) is 24.8. The van der Waals surface area contributed by atoms with Crippen LogP contribution in [0.3, 0.4) is 0 Å². The monoisotopic (exact) mass is 359 g/mol. The Morgan fingerprint density at radius 2 is 2.00 bits per heavy atom. The molecule has 1 aromatic carbocycles. The van der Waals surface area contributed by atoms with Gasteiger partial charge in [-0.1, -0.05) is 18.2 Å². The van der Waals surface area contributed by atoms with Crippen LogP contribution in [0.15, 0.2) is 64.8 Å². The van der Waals surface area contributed by atoms with Gasteiger partial charge in [0.05, 0.1) is 17.9 Å². The Morgan fingerprint density at radius 1 is 1.20 bits per heavy atom. The van der Waals surface area contributed by atoms with Gasteiger partial charge in [-0.25, -0.2) is 9.18 Å². The average Bonchev–Trinajstić information content (AvgIpc) is 3.31. The number of rotatable bonds is 6. The fourth-order valence-corrected chi connectivity index (χ4v) is 3.03. The van der Waals surface area contributed by atoms with Gasteiger partial charge < -0.3 is 14.5 Å². The predicted molar refractivity (Wildman–Crippen MR) is 89.7 cm³/mol. The number of benzene rings is 1. The second kappa shape index (κ2) is 7.76. The molecule has 0 aliphatic rings. The minimum Gasteiger partial charge on any atom is -0.472 e. The van der Waals surface area contributed by atoms with Crippen molar-refractivity contribution in [3.05, 3.63) is 82.2 Å². The van der Waals surface area contributed by atoms with E-state index in [1.807, 2.05) is 17.5 Å². The van der Waals surface area contributed by atoms with E-state index in [9.17, 15) is 14.0 Å². The Kier molecular flexibility index (Phi) is 5.25. The van der Waals surface area contributed by atoms with E-state index in [1.54, 1.807) is 12.1 Å². The minimum atomic E-state index is -0.640. The van der Waals surface area contributed by atoms with Crippen LogP contribution in [0.25, 0.3) is 0 Å². The lowest BCUT2D eigenvalue weighted by molar-refractivity contribution is -0.124. The molecule has 0 radical (unpaired) electrons. The molecule has 3 rings (SSSR count). The second-order valence-corrected chi connectivity index (χ2v) is 6.13. The van der Waals surface area contributed by atoms with Crippen LogP contribution >= 0.6 is 11.3 Å². The van der Waals surface area contributed by atoms with E-state index in [0.29, 0.717) is 0 Å². The third-order valence-corrected chi connectivity index (χ3v) is 4.36. The van der Waals surface area contributed by atoms with E-state index in [1.165, 1.54) is 42.1 Å². The fourth-order valence-electron chi connectivity index (χ4n) is 2.23. The van der Waals surface area contributed by atoms with Crippen LogP contribution in [0.2, 0.25) is 0 Å². The molecule has 2 aromatic heterocycles. The number of thiophene rings is 1. The van der Waals surface area contributed by atoms with E-state index in [4.69, 9.17) is 9.15 Å². The number of furan rings is 1. The van der Waals surface area contributed by atoms with Gasteiger partial charge in [-0.3, -0.25) is 4.79 Å². The van der Waals surface area contributed by atoms with Crippen molar-refractivity contribution in [3.8, 4) is 0 Å². The number of nitrogens with one attached hydrogen (secondary N) is 1. The molecule has 5 nitrogen and oxygen atoms in total. The van der Waals surface area contributed by atoms with Crippen LogP contribution in [-0.2, 0) is 9.53 Å². The predicted octanol–water partition coefficient (Wildman–Crippen LogP) is 3.54. The van der Waals surface area contributed by atoms with Gasteiger partial charge in [0.15, 0.2) is 6.61 Å². The summed E-state index contributed by atoms with van der Waals surface area (Å²) in [6.45, 7) is -0.424. The minimum absolute atomic E-state index is 0.237. The van der Waals surface area contributed by atoms with Crippen molar-refractivity contribution < 1.29 is 23.1 Å². The summed E-state index contributed by atoms with van der Waals surface area (Å²) in [5, 5.41) is 4.69. The Labute approximate surface area is 147 Å². The molecule has 1 amide bonds. The first-order chi connectivity index (χ1) is 12.1. The van der Waals surface area contributed by atoms with Crippen molar-refractivity contribution in [3.63, 3.8) is 0 Å². The van der Waals surface area contributed by atoms with Gasteiger partial charge in [0, 0.05) is 4.88 Å². The summed E-state index contributed by atoms with van der Waals surface area (Å²) in [7, 11) is 0. The lowest BCUT2D eigenvalue weighted by Crippen LogP contribution is -2.32. The van der Waals surface area contributed by atoms with Crippen molar-refractivity contribution in [1.82, 2.24) is 5.32 Å². The molecule has 0 fully saturated rings. The van der Waals surface area contributed by atoms with Gasteiger partial charge in [0.1, 0.15) is 12.1 Å². The topological polar surface area (TPSA) is 68.5 Å². The lowest BCUT2D eigenvalue weighted by atomic mass is 10.1. The first-order valence-electron chi connectivity index (χ1n) is 7.41. The molecule has 0 spiro atoms. The SMILES string of the molecule is O=C(COC(=O)c1ccoc1)NC(c1ccc(F)cc1)c1cccs1. The molecule has 0 aliphatic heterocycles. The molecule has 128 valence electrons. The maximum atomic E-state index is 13.1. The molecular weight excluding hydrogens is 345 g/mol. The summed E-state index contributed by atoms with van der Waals surface area (Å²) in [5.74, 6) is -1.45. The largest absolute Gasteiger partial charge is 0.472 e. The van der Waals surface area contributed by atoms with Gasteiger partial charge in [-0.05, 0) is 35.2 Å². The fraction of sp³-hybridized carbons (Fsp3) is 0.111. The molecule has 0 saturated carbocycles. The van der Waals surface area contributed by atoms with Crippen molar-refractivity contribution in [1.29, 1.82) is 0 Å². The number of hydrogen-bond acceptors (Lipinski definition) is 5. The molecule has 0 aliphatic carbocycles. The van der Waals surface area contributed by atoms with Crippen molar-refractivity contribution in [2.24, 2.45) is 0 Å². The number of ether oxygens (including phenoxy) is 1. The Morgan fingerprint density at radius 3 is 2.64 bits per heavy atom. The third-order valence-electron chi connectivity index (χ3n) is 3.43. The third kappa shape index (κ3) is 4.33. The van der Waals surface area contributed by atoms with Crippen LogP contribution in [0.4, 0.5) is 4.39 Å². The highest BCUT2D eigenvalue weighted by Gasteiger charge is 2.19. The maximum Gasteiger partial charge on any atom is 0.341 e. The summed E-state index contributed by atoms with van der Waals surface area (Å²) in [6.07, 6.45) is 2.59. The molecular formula is C18H14FNO4S. The lowest BCUT2D eigenvalue weighted by Gasteiger charge is -2.18. The molecule has 1 unspecified atom stereocenters. The second-order valence-electron chi connectivity index (χ2n) is 5.16. The highest BCUT2D eigenvalue weighted by Crippen LogP contribution is 2.26. The van der Waals surface area contributed by atoms with Crippen LogP contribution in [-0.4, -0.2) is 18.5 Å². The van der Waals surface area contributed by atoms with Crippen molar-refractivity contribution in [2.75, 3.05) is 6.61 Å². The molecule has 0 saturated heterocycles. The highest BCUT2D eigenvalue weighted by atomic mass is 32.1. The van der Waals surface area contributed by atoms with Gasteiger partial charge in [0.25, 0.3) is 5.91 Å². The first-order valence-corrected chi connectivity index (χ1v) is 8.29. The van der Waals surface area contributed by atoms with Gasteiger partial charge in [-0.15, -0.1) is 11.3 Å². The Bertz CT molecular complexity index is 829. The van der Waals surface area contributed by atoms with Crippen LogP contribution in [0.1, 0.15) is 26.8 Å². The van der Waals surface area contributed by atoms with Gasteiger partial charge in [-0.2, -0.15) is 0 Å². The van der Waals surface area contributed by atoms with E-state index >= 15 is 0 Å². The quantitative estimate of drug-likeness (QED) is 0.684. The van der Waals surface area contributed by atoms with E-state index in [-0.39, 0.29) is 11.4 Å². The Hall–Kier alpha value is -2.93. The first kappa shape index (κ1) is 16.9. The molecule has 1 atom stereocenters. The molecule has 2 heterocycles. The summed E-state index contributed by atoms with van der Waals surface area (Å²) < 4.78 is 22.9. The standard InChI is InChI=1S/C18H14FNO4S/c19-14-5-3-12(4-6-14)17(15-2-1-9-25-15)20-16(21)11-24-18(22)13-7-8-23-10-13/h1-10,17H,11H2,(H,20,21). The summed E-state index contributed by atoms with van der Waals surface area (Å²) in [5.41, 5.74) is 0.972. The van der Waals surface area contributed by atoms with Gasteiger partial charge in [0.2, 0.25) is 0 Å². The summed E-state index contributed by atoms with van der Waals surface area (Å²) >= 11 is 1.47. The molecule has 25 heavy (non-hydrogen) atoms. The zero-order valence-corrected chi connectivity index (χ0v) is 13.8. The van der Waals surface area contributed by atoms with E-state index < -0.39 is 24.5 Å². The average molecular weight is 359 g/mol. The number of carbonyl (C=O) groups excluding carboxylic acids is 2. The zero-order valence-electron chi connectivity index (χ0n) is 13.0. The highest BCUT2D eigenvalue weighted by molar-refractivity contribution is 7.10. The van der Waals surface area contributed by atoms with E-state index in [0.717, 1.165) is 10.4 Å². The number of esters is 1. The zero-order chi connectivity index (χ0) is 17.6. The summed E-state index contributed by atoms with van der Waals surface area (Å²) in [6, 6.07) is 10.6. The molecule has 7 heteroatoms. The molecule has 3 aromatic rings. The molecule has 0 bridgehead atoms. The Balaban J connectivity index is 1.67. The van der Waals surface area contributed by atoms with Gasteiger partial charge >= 0.3 is 5.97 Å². The smallest absolute Gasteiger partial charge is 0.341 e. The normalized spacial score (nSPS) is 11.7. The van der Waals surface area contributed by atoms with Crippen LogP contribution in [0, 0.1) is 5.82 Å².